The van der Waals surface area contributed by atoms with E-state index in [1.54, 1.807) is 11.3 Å². The minimum Gasteiger partial charge on any atom is -0.324 e. The largest absolute Gasteiger partial charge is 0.324 e. The van der Waals surface area contributed by atoms with E-state index < -0.39 is 0 Å². The van der Waals surface area contributed by atoms with Crippen molar-refractivity contribution in [3.63, 3.8) is 0 Å². The van der Waals surface area contributed by atoms with Gasteiger partial charge in [0.15, 0.2) is 0 Å². The summed E-state index contributed by atoms with van der Waals surface area (Å²) in [5.74, 6) is 0. The van der Waals surface area contributed by atoms with Crippen molar-refractivity contribution >= 4 is 43.2 Å². The quantitative estimate of drug-likeness (QED) is 0.841. The van der Waals surface area contributed by atoms with Crippen molar-refractivity contribution in [3.05, 3.63) is 19.2 Å². The molecular weight excluding hydrogens is 278 g/mol. The van der Waals surface area contributed by atoms with Gasteiger partial charge in [0.05, 0.1) is 7.57 Å². The predicted octanol–water partition coefficient (Wildman–Crippen LogP) is 3.29. The highest BCUT2D eigenvalue weighted by Crippen LogP contribution is 2.34. The molecule has 0 radical (unpaired) electrons. The van der Waals surface area contributed by atoms with E-state index >= 15 is 0 Å². The smallest absolute Gasteiger partial charge is 0.0758 e. The van der Waals surface area contributed by atoms with Gasteiger partial charge < -0.3 is 5.73 Å². The van der Waals surface area contributed by atoms with Crippen LogP contribution in [0, 0.1) is 0 Å². The van der Waals surface area contributed by atoms with Crippen LogP contribution in [-0.4, -0.2) is 0 Å². The van der Waals surface area contributed by atoms with Crippen molar-refractivity contribution in [2.24, 2.45) is 5.73 Å². The van der Waals surface area contributed by atoms with E-state index in [2.05, 4.69) is 31.9 Å². The molecule has 10 heavy (non-hydrogen) atoms. The lowest BCUT2D eigenvalue weighted by Crippen LogP contribution is -2.03. The Bertz CT molecular complexity index is 232. The lowest BCUT2D eigenvalue weighted by Gasteiger charge is -2.00. The highest BCUT2D eigenvalue weighted by molar-refractivity contribution is 9.12. The zero-order chi connectivity index (χ0) is 7.72. The van der Waals surface area contributed by atoms with Gasteiger partial charge >= 0.3 is 0 Å². The second-order valence-electron chi connectivity index (χ2n) is 2.07. The molecule has 0 aliphatic rings. The van der Waals surface area contributed by atoms with Crippen LogP contribution in [-0.2, 0) is 0 Å². The third kappa shape index (κ3) is 1.81. The van der Waals surface area contributed by atoms with Gasteiger partial charge in [-0.2, -0.15) is 0 Å². The summed E-state index contributed by atoms with van der Waals surface area (Å²) in [6.07, 6.45) is 0. The number of rotatable bonds is 1. The zero-order valence-corrected chi connectivity index (χ0v) is 9.38. The molecule has 0 spiro atoms. The SMILES string of the molecule is CC(N)c1cc(Br)sc1Br. The summed E-state index contributed by atoms with van der Waals surface area (Å²) in [5.41, 5.74) is 6.85. The summed E-state index contributed by atoms with van der Waals surface area (Å²) in [5, 5.41) is 0. The van der Waals surface area contributed by atoms with Crippen LogP contribution in [0.1, 0.15) is 18.5 Å². The first-order chi connectivity index (χ1) is 4.61. The Kier molecular flexibility index (Phi) is 2.91. The third-order valence-corrected chi connectivity index (χ3v) is 3.56. The minimum absolute atomic E-state index is 0.108. The maximum absolute atomic E-state index is 5.68. The molecule has 1 rings (SSSR count). The molecule has 0 bridgehead atoms. The summed E-state index contributed by atoms with van der Waals surface area (Å²) in [6.45, 7) is 1.97. The lowest BCUT2D eigenvalue weighted by atomic mass is 10.2. The number of halogens is 2. The second-order valence-corrected chi connectivity index (χ2v) is 5.82. The van der Waals surface area contributed by atoms with E-state index in [4.69, 9.17) is 5.73 Å². The average molecular weight is 285 g/mol. The number of hydrogen-bond donors (Lipinski definition) is 1. The highest BCUT2D eigenvalue weighted by atomic mass is 79.9. The molecule has 0 fully saturated rings. The molecule has 0 aromatic carbocycles. The molecule has 0 aliphatic carbocycles. The molecule has 4 heteroatoms. The molecular formula is C6H7Br2NS. The fourth-order valence-corrected chi connectivity index (χ4v) is 3.77. The molecule has 1 unspecified atom stereocenters. The van der Waals surface area contributed by atoms with E-state index in [9.17, 15) is 0 Å². The van der Waals surface area contributed by atoms with Crippen LogP contribution in [0.2, 0.25) is 0 Å². The Hall–Kier alpha value is 0.620. The normalized spacial score (nSPS) is 13.6. The Labute approximate surface area is 80.9 Å². The summed E-state index contributed by atoms with van der Waals surface area (Å²) in [6, 6.07) is 2.15. The molecule has 0 saturated carbocycles. The third-order valence-electron chi connectivity index (χ3n) is 1.17. The summed E-state index contributed by atoms with van der Waals surface area (Å²) >= 11 is 8.46. The van der Waals surface area contributed by atoms with Crippen LogP contribution in [0.4, 0.5) is 0 Å². The van der Waals surface area contributed by atoms with Gasteiger partial charge in [0.1, 0.15) is 0 Å². The van der Waals surface area contributed by atoms with Gasteiger partial charge in [0, 0.05) is 6.04 Å². The molecule has 1 heterocycles. The Balaban J connectivity index is 3.03. The second kappa shape index (κ2) is 3.34. The van der Waals surface area contributed by atoms with E-state index in [-0.39, 0.29) is 6.04 Å². The predicted molar refractivity (Wildman–Crippen MR) is 52.3 cm³/mol. The van der Waals surface area contributed by atoms with Crippen molar-refractivity contribution in [1.82, 2.24) is 0 Å². The van der Waals surface area contributed by atoms with E-state index in [1.165, 1.54) is 0 Å². The molecule has 1 aromatic heterocycles. The zero-order valence-electron chi connectivity index (χ0n) is 5.40. The Morgan fingerprint density at radius 2 is 2.20 bits per heavy atom. The molecule has 0 saturated heterocycles. The van der Waals surface area contributed by atoms with E-state index in [0.29, 0.717) is 0 Å². The Morgan fingerprint density at radius 1 is 1.60 bits per heavy atom. The maximum Gasteiger partial charge on any atom is 0.0758 e. The maximum atomic E-state index is 5.68. The van der Waals surface area contributed by atoms with Crippen molar-refractivity contribution < 1.29 is 0 Å². The van der Waals surface area contributed by atoms with Crippen LogP contribution in [0.5, 0.6) is 0 Å². The van der Waals surface area contributed by atoms with Gasteiger partial charge in [-0.25, -0.2) is 0 Å². The fraction of sp³-hybridized carbons (Fsp3) is 0.333. The van der Waals surface area contributed by atoms with Crippen molar-refractivity contribution in [1.29, 1.82) is 0 Å². The fourth-order valence-electron chi connectivity index (χ4n) is 0.663. The van der Waals surface area contributed by atoms with Crippen molar-refractivity contribution in [3.8, 4) is 0 Å². The van der Waals surface area contributed by atoms with E-state index in [0.717, 1.165) is 13.1 Å². The van der Waals surface area contributed by atoms with Crippen LogP contribution >= 0.6 is 43.2 Å². The van der Waals surface area contributed by atoms with Crippen LogP contribution in [0.3, 0.4) is 0 Å². The lowest BCUT2D eigenvalue weighted by molar-refractivity contribution is 0.819. The van der Waals surface area contributed by atoms with Gasteiger partial charge in [-0.15, -0.1) is 11.3 Å². The Morgan fingerprint density at radius 3 is 2.40 bits per heavy atom. The molecule has 2 N–H and O–H groups in total. The van der Waals surface area contributed by atoms with Crippen LogP contribution in [0.15, 0.2) is 13.6 Å². The van der Waals surface area contributed by atoms with Crippen molar-refractivity contribution in [2.75, 3.05) is 0 Å². The van der Waals surface area contributed by atoms with Gasteiger partial charge in [0.25, 0.3) is 0 Å². The topological polar surface area (TPSA) is 26.0 Å². The first kappa shape index (κ1) is 8.71. The van der Waals surface area contributed by atoms with Gasteiger partial charge in [0.2, 0.25) is 0 Å². The van der Waals surface area contributed by atoms with Gasteiger partial charge in [-0.05, 0) is 50.4 Å². The molecule has 56 valence electrons. The first-order valence-electron chi connectivity index (χ1n) is 2.81. The molecule has 1 nitrogen and oxygen atoms in total. The summed E-state index contributed by atoms with van der Waals surface area (Å²) in [4.78, 5) is 0. The monoisotopic (exact) mass is 283 g/mol. The highest BCUT2D eigenvalue weighted by Gasteiger charge is 2.07. The first-order valence-corrected chi connectivity index (χ1v) is 5.22. The van der Waals surface area contributed by atoms with Crippen LogP contribution < -0.4 is 5.73 Å². The number of hydrogen-bond acceptors (Lipinski definition) is 2. The molecule has 1 atom stereocenters. The van der Waals surface area contributed by atoms with Crippen LogP contribution in [0.25, 0.3) is 0 Å². The van der Waals surface area contributed by atoms with E-state index in [1.807, 2.05) is 13.0 Å². The molecule has 1 aromatic rings. The standard InChI is InChI=1S/C6H7Br2NS/c1-3(9)4-2-5(7)10-6(4)8/h2-3H,9H2,1H3. The minimum atomic E-state index is 0.108. The number of thiophene rings is 1. The summed E-state index contributed by atoms with van der Waals surface area (Å²) < 4.78 is 2.24. The van der Waals surface area contributed by atoms with Crippen molar-refractivity contribution in [2.45, 2.75) is 13.0 Å². The average Bonchev–Trinajstić information content (AvgIpc) is 2.10. The molecule has 0 aliphatic heterocycles. The molecule has 0 amide bonds. The van der Waals surface area contributed by atoms with Gasteiger partial charge in [-0.1, -0.05) is 0 Å². The summed E-state index contributed by atoms with van der Waals surface area (Å²) in [7, 11) is 0. The number of nitrogens with two attached hydrogens (primary N) is 1. The van der Waals surface area contributed by atoms with Gasteiger partial charge in [-0.3, -0.25) is 0 Å².